The molecule has 188 valence electrons. The fraction of sp³-hybridized carbons (Fsp3) is 0.111. The largest absolute Gasteiger partial charge is 0.507 e. The summed E-state index contributed by atoms with van der Waals surface area (Å²) in [5.74, 6) is -1.78. The molecular weight excluding hydrogens is 514 g/mol. The summed E-state index contributed by atoms with van der Waals surface area (Å²) in [6.45, 7) is 2.46. The number of carbonyl (C=O) groups is 3. The molecule has 0 saturated heterocycles. The van der Waals surface area contributed by atoms with Crippen molar-refractivity contribution in [1.29, 1.82) is 0 Å². The lowest BCUT2D eigenvalue weighted by Gasteiger charge is -2.19. The number of hydrogen-bond donors (Lipinski definition) is 2. The zero-order valence-electron chi connectivity index (χ0n) is 19.7. The Morgan fingerprint density at radius 3 is 2.22 bits per heavy atom. The minimum absolute atomic E-state index is 0.0339. The summed E-state index contributed by atoms with van der Waals surface area (Å²) in [5, 5.41) is 12.5. The third kappa shape index (κ3) is 6.35. The van der Waals surface area contributed by atoms with Crippen LogP contribution in [0, 0.1) is 0 Å². The van der Waals surface area contributed by atoms with Crippen molar-refractivity contribution < 1.29 is 33.7 Å². The number of aromatic nitrogens is 1. The molecule has 0 fully saturated rings. The van der Waals surface area contributed by atoms with Gasteiger partial charge < -0.3 is 19.3 Å². The highest BCUT2D eigenvalue weighted by Gasteiger charge is 2.23. The summed E-state index contributed by atoms with van der Waals surface area (Å²) in [6, 6.07) is 18.6. The number of esters is 3. The normalized spacial score (nSPS) is 11.4. The van der Waals surface area contributed by atoms with Gasteiger partial charge in [-0.05, 0) is 29.3 Å². The van der Waals surface area contributed by atoms with E-state index in [-0.39, 0.29) is 22.9 Å². The molecular formula is C27H21NO7S2. The molecule has 1 aromatic heterocycles. The van der Waals surface area contributed by atoms with E-state index in [0.29, 0.717) is 26.6 Å². The van der Waals surface area contributed by atoms with Crippen LogP contribution >= 0.6 is 24.0 Å². The molecule has 1 atom stereocenters. The van der Waals surface area contributed by atoms with Gasteiger partial charge in [-0.15, -0.1) is 24.0 Å². The summed E-state index contributed by atoms with van der Waals surface area (Å²) >= 11 is 5.37. The van der Waals surface area contributed by atoms with Crippen LogP contribution in [0.2, 0.25) is 0 Å². The summed E-state index contributed by atoms with van der Waals surface area (Å²) in [6.07, 6.45) is -0.818. The van der Waals surface area contributed by atoms with Crippen LogP contribution in [0.15, 0.2) is 76.4 Å². The lowest BCUT2D eigenvalue weighted by Crippen LogP contribution is -2.13. The van der Waals surface area contributed by atoms with Gasteiger partial charge in [0.05, 0.1) is 0 Å². The molecule has 4 rings (SSSR count). The van der Waals surface area contributed by atoms with Gasteiger partial charge in [-0.1, -0.05) is 48.5 Å². The number of ether oxygens (including phenoxy) is 3. The summed E-state index contributed by atoms with van der Waals surface area (Å²) in [5.41, 5.74) is 2.30. The highest BCUT2D eigenvalue weighted by molar-refractivity contribution is 7.82. The quantitative estimate of drug-likeness (QED) is 0.179. The molecule has 0 aliphatic carbocycles. The Labute approximate surface area is 221 Å². The minimum Gasteiger partial charge on any atom is -0.507 e. The monoisotopic (exact) mass is 535 g/mol. The number of rotatable bonds is 7. The van der Waals surface area contributed by atoms with Crippen molar-refractivity contribution in [2.75, 3.05) is 0 Å². The number of phenolic OH excluding ortho intramolecular Hbond substituents is 1. The van der Waals surface area contributed by atoms with Crippen LogP contribution in [0.25, 0.3) is 11.1 Å². The van der Waals surface area contributed by atoms with Gasteiger partial charge >= 0.3 is 17.9 Å². The second-order valence-electron chi connectivity index (χ2n) is 7.84. The van der Waals surface area contributed by atoms with Crippen LogP contribution in [0.5, 0.6) is 17.2 Å². The Bertz CT molecular complexity index is 1470. The van der Waals surface area contributed by atoms with Crippen molar-refractivity contribution in [3.05, 3.63) is 88.9 Å². The van der Waals surface area contributed by atoms with E-state index in [9.17, 15) is 19.5 Å². The molecule has 37 heavy (non-hydrogen) atoms. The summed E-state index contributed by atoms with van der Waals surface area (Å²) < 4.78 is 16.5. The first-order valence-corrected chi connectivity index (χ1v) is 12.3. The van der Waals surface area contributed by atoms with Crippen molar-refractivity contribution in [3.63, 3.8) is 0 Å². The third-order valence-corrected chi connectivity index (χ3v) is 6.17. The Balaban J connectivity index is 1.69. The Kier molecular flexibility index (Phi) is 7.90. The molecule has 1 heterocycles. The van der Waals surface area contributed by atoms with Crippen molar-refractivity contribution in [2.45, 2.75) is 24.3 Å². The van der Waals surface area contributed by atoms with E-state index < -0.39 is 24.0 Å². The third-order valence-electron chi connectivity index (χ3n) is 5.12. The molecule has 4 aromatic rings. The fourth-order valence-corrected chi connectivity index (χ4v) is 4.37. The predicted molar refractivity (Wildman–Crippen MR) is 139 cm³/mol. The first kappa shape index (κ1) is 25.9. The van der Waals surface area contributed by atoms with Crippen LogP contribution < -0.4 is 9.47 Å². The molecule has 0 bridgehead atoms. The fourth-order valence-electron chi connectivity index (χ4n) is 3.59. The van der Waals surface area contributed by atoms with Gasteiger partial charge in [-0.2, -0.15) is 0 Å². The maximum Gasteiger partial charge on any atom is 0.358 e. The Hall–Kier alpha value is -4.15. The number of thiol groups is 1. The van der Waals surface area contributed by atoms with Crippen molar-refractivity contribution in [1.82, 2.24) is 4.98 Å². The van der Waals surface area contributed by atoms with Crippen molar-refractivity contribution >= 4 is 41.9 Å². The summed E-state index contributed by atoms with van der Waals surface area (Å²) in [4.78, 5) is 39.8. The van der Waals surface area contributed by atoms with E-state index in [1.54, 1.807) is 23.6 Å². The highest BCUT2D eigenvalue weighted by atomic mass is 32.2. The first-order valence-electron chi connectivity index (χ1n) is 11.0. The van der Waals surface area contributed by atoms with E-state index >= 15 is 0 Å². The molecule has 1 N–H and O–H groups in total. The highest BCUT2D eigenvalue weighted by Crippen LogP contribution is 2.39. The van der Waals surface area contributed by atoms with Gasteiger partial charge in [-0.25, -0.2) is 9.78 Å². The Morgan fingerprint density at radius 2 is 1.59 bits per heavy atom. The number of phenols is 1. The number of benzene rings is 3. The van der Waals surface area contributed by atoms with E-state index in [0.717, 1.165) is 0 Å². The first-order chi connectivity index (χ1) is 17.7. The van der Waals surface area contributed by atoms with E-state index in [1.165, 1.54) is 43.4 Å². The number of hydrogen-bond acceptors (Lipinski definition) is 10. The molecule has 0 amide bonds. The number of thiazole rings is 1. The number of aromatic hydroxyl groups is 1. The average molecular weight is 536 g/mol. The van der Waals surface area contributed by atoms with Crippen LogP contribution in [0.1, 0.15) is 41.6 Å². The SMILES string of the molecule is CC(=O)Oc1ccc(-c2ccc(C(OC(=O)c3csc(S)n3)c3ccccc3)cc2O)cc1OC(C)=O. The molecule has 8 nitrogen and oxygen atoms in total. The van der Waals surface area contributed by atoms with Crippen molar-refractivity contribution in [2.24, 2.45) is 0 Å². The maximum atomic E-state index is 12.8. The zero-order valence-corrected chi connectivity index (χ0v) is 21.4. The van der Waals surface area contributed by atoms with Gasteiger partial charge in [0.25, 0.3) is 0 Å². The van der Waals surface area contributed by atoms with E-state index in [1.807, 2.05) is 30.3 Å². The second-order valence-corrected chi connectivity index (χ2v) is 9.42. The molecule has 10 heteroatoms. The lowest BCUT2D eigenvalue weighted by molar-refractivity contribution is -0.134. The number of carbonyl (C=O) groups excluding carboxylic acids is 3. The molecule has 0 aliphatic rings. The van der Waals surface area contributed by atoms with Crippen LogP contribution in [-0.2, 0) is 14.3 Å². The van der Waals surface area contributed by atoms with Crippen LogP contribution in [0.3, 0.4) is 0 Å². The average Bonchev–Trinajstić information content (AvgIpc) is 3.30. The van der Waals surface area contributed by atoms with Gasteiger partial charge in [0.2, 0.25) is 0 Å². The maximum absolute atomic E-state index is 12.8. The predicted octanol–water partition coefficient (Wildman–Crippen LogP) is 5.60. The van der Waals surface area contributed by atoms with Crippen LogP contribution in [-0.4, -0.2) is 28.0 Å². The summed E-state index contributed by atoms with van der Waals surface area (Å²) in [7, 11) is 0. The zero-order chi connectivity index (χ0) is 26.5. The van der Waals surface area contributed by atoms with Crippen LogP contribution in [0.4, 0.5) is 0 Å². The molecule has 3 aromatic carbocycles. The van der Waals surface area contributed by atoms with Gasteiger partial charge in [0, 0.05) is 30.4 Å². The second kappa shape index (κ2) is 11.3. The molecule has 0 spiro atoms. The number of nitrogens with zero attached hydrogens (tertiary/aromatic N) is 1. The van der Waals surface area contributed by atoms with Gasteiger partial charge in [0.15, 0.2) is 23.3 Å². The molecule has 0 radical (unpaired) electrons. The van der Waals surface area contributed by atoms with E-state index in [2.05, 4.69) is 17.6 Å². The topological polar surface area (TPSA) is 112 Å². The lowest BCUT2D eigenvalue weighted by atomic mass is 9.97. The van der Waals surface area contributed by atoms with Gasteiger partial charge in [0.1, 0.15) is 10.1 Å². The smallest absolute Gasteiger partial charge is 0.358 e. The van der Waals surface area contributed by atoms with Crippen molar-refractivity contribution in [3.8, 4) is 28.4 Å². The van der Waals surface area contributed by atoms with E-state index in [4.69, 9.17) is 14.2 Å². The molecule has 0 aliphatic heterocycles. The minimum atomic E-state index is -0.818. The molecule has 1 unspecified atom stereocenters. The Morgan fingerprint density at radius 1 is 0.892 bits per heavy atom. The van der Waals surface area contributed by atoms with Gasteiger partial charge in [-0.3, -0.25) is 9.59 Å². The molecule has 0 saturated carbocycles. The standard InChI is InChI=1S/C27H21NO7S2/c1-15(29)33-23-11-9-18(13-24(23)34-16(2)30)20-10-8-19(12-22(20)31)25(17-6-4-3-5-7-17)35-26(32)21-14-37-27(36)28-21/h3-14,25,31H,1-2H3,(H,28,36).